The van der Waals surface area contributed by atoms with Crippen LogP contribution in [0.15, 0.2) is 0 Å². The third kappa shape index (κ3) is 4.77. The van der Waals surface area contributed by atoms with Crippen molar-refractivity contribution >= 4 is 17.3 Å². The topological polar surface area (TPSA) is 18.5 Å². The van der Waals surface area contributed by atoms with Gasteiger partial charge in [0.15, 0.2) is 5.11 Å². The highest BCUT2D eigenvalue weighted by atomic mass is 32.1. The summed E-state index contributed by atoms with van der Waals surface area (Å²) in [6, 6.07) is 0.460. The van der Waals surface area contributed by atoms with Gasteiger partial charge in [-0.3, -0.25) is 0 Å². The Morgan fingerprint density at radius 3 is 2.29 bits per heavy atom. The van der Waals surface area contributed by atoms with Gasteiger partial charge in [0, 0.05) is 25.7 Å². The molecule has 14 heavy (non-hydrogen) atoms. The van der Waals surface area contributed by atoms with E-state index in [1.165, 1.54) is 0 Å². The molecule has 0 fully saturated rings. The summed E-state index contributed by atoms with van der Waals surface area (Å²) in [6.07, 6.45) is 0. The minimum Gasteiger partial charge on any atom is -0.363 e. The number of nitrogens with zero attached hydrogens (tertiary/aromatic N) is 2. The van der Waals surface area contributed by atoms with Crippen molar-refractivity contribution in [3.63, 3.8) is 0 Å². The molecule has 0 saturated heterocycles. The summed E-state index contributed by atoms with van der Waals surface area (Å²) in [5.41, 5.74) is 0. The van der Waals surface area contributed by atoms with Gasteiger partial charge in [-0.2, -0.15) is 0 Å². The molecule has 0 amide bonds. The molecule has 0 saturated carbocycles. The van der Waals surface area contributed by atoms with Gasteiger partial charge in [0.2, 0.25) is 0 Å². The second-order valence-corrected chi connectivity index (χ2v) is 4.12. The Kier molecular flexibility index (Phi) is 6.83. The van der Waals surface area contributed by atoms with Crippen LogP contribution in [0.1, 0.15) is 20.8 Å². The smallest absolute Gasteiger partial charge is 0.169 e. The fourth-order valence-corrected chi connectivity index (χ4v) is 1.99. The van der Waals surface area contributed by atoms with Crippen molar-refractivity contribution < 1.29 is 0 Å². The maximum atomic E-state index is 5.30. The zero-order valence-electron chi connectivity index (χ0n) is 10.0. The summed E-state index contributed by atoms with van der Waals surface area (Å²) in [4.78, 5) is 4.40. The maximum Gasteiger partial charge on any atom is 0.169 e. The molecule has 0 spiro atoms. The first-order valence-corrected chi connectivity index (χ1v) is 5.62. The Balaban J connectivity index is 4.17. The standard InChI is InChI=1S/C10H23N3S/c1-6-11-10(14)13(7-2)9(3)8-12(4)5/h9H,6-8H2,1-5H3,(H,11,14). The van der Waals surface area contributed by atoms with Crippen LogP contribution in [0, 0.1) is 0 Å². The first kappa shape index (κ1) is 13.7. The molecule has 0 aromatic heterocycles. The quantitative estimate of drug-likeness (QED) is 0.696. The van der Waals surface area contributed by atoms with Crippen molar-refractivity contribution in [2.45, 2.75) is 26.8 Å². The van der Waals surface area contributed by atoms with Gasteiger partial charge in [-0.1, -0.05) is 0 Å². The van der Waals surface area contributed by atoms with E-state index in [4.69, 9.17) is 12.2 Å². The van der Waals surface area contributed by atoms with E-state index in [9.17, 15) is 0 Å². The molecule has 4 heteroatoms. The highest BCUT2D eigenvalue weighted by Crippen LogP contribution is 2.00. The minimum atomic E-state index is 0.460. The van der Waals surface area contributed by atoms with E-state index < -0.39 is 0 Å². The minimum absolute atomic E-state index is 0.460. The number of thiocarbonyl (C=S) groups is 1. The lowest BCUT2D eigenvalue weighted by atomic mass is 10.3. The van der Waals surface area contributed by atoms with Crippen molar-refractivity contribution in [2.24, 2.45) is 0 Å². The number of rotatable bonds is 5. The number of hydrogen-bond donors (Lipinski definition) is 1. The van der Waals surface area contributed by atoms with Crippen LogP contribution >= 0.6 is 12.2 Å². The fourth-order valence-electron chi connectivity index (χ4n) is 1.54. The Labute approximate surface area is 93.5 Å². The van der Waals surface area contributed by atoms with Crippen molar-refractivity contribution in [3.05, 3.63) is 0 Å². The average Bonchev–Trinajstić information content (AvgIpc) is 2.04. The zero-order chi connectivity index (χ0) is 11.1. The van der Waals surface area contributed by atoms with Crippen LogP contribution in [0.25, 0.3) is 0 Å². The van der Waals surface area contributed by atoms with E-state index in [0.29, 0.717) is 6.04 Å². The maximum absolute atomic E-state index is 5.30. The van der Waals surface area contributed by atoms with Crippen molar-refractivity contribution in [1.82, 2.24) is 15.1 Å². The molecule has 0 aliphatic heterocycles. The lowest BCUT2D eigenvalue weighted by Crippen LogP contribution is -2.48. The average molecular weight is 217 g/mol. The number of nitrogens with one attached hydrogen (secondary N) is 1. The predicted octanol–water partition coefficient (Wildman–Crippen LogP) is 1.15. The molecule has 0 radical (unpaired) electrons. The lowest BCUT2D eigenvalue weighted by molar-refractivity contribution is 0.262. The van der Waals surface area contributed by atoms with Gasteiger partial charge in [0.05, 0.1) is 0 Å². The summed E-state index contributed by atoms with van der Waals surface area (Å²) < 4.78 is 0. The molecule has 3 nitrogen and oxygen atoms in total. The second kappa shape index (κ2) is 7.01. The molecule has 0 aliphatic carbocycles. The SMILES string of the molecule is CCNC(=S)N(CC)C(C)CN(C)C. The van der Waals surface area contributed by atoms with Crippen LogP contribution in [0.3, 0.4) is 0 Å². The molecule has 0 bridgehead atoms. The van der Waals surface area contributed by atoms with Gasteiger partial charge in [-0.25, -0.2) is 0 Å². The largest absolute Gasteiger partial charge is 0.363 e. The summed E-state index contributed by atoms with van der Waals surface area (Å²) in [5, 5.41) is 4.05. The normalized spacial score (nSPS) is 12.7. The van der Waals surface area contributed by atoms with Crippen LogP contribution in [0.5, 0.6) is 0 Å². The van der Waals surface area contributed by atoms with Crippen LogP contribution in [-0.4, -0.2) is 54.7 Å². The molecule has 0 aliphatic rings. The third-order valence-corrected chi connectivity index (χ3v) is 2.47. The summed E-state index contributed by atoms with van der Waals surface area (Å²) in [5.74, 6) is 0. The van der Waals surface area contributed by atoms with E-state index in [0.717, 1.165) is 24.7 Å². The highest BCUT2D eigenvalue weighted by molar-refractivity contribution is 7.80. The van der Waals surface area contributed by atoms with Crippen LogP contribution in [-0.2, 0) is 0 Å². The van der Waals surface area contributed by atoms with Gasteiger partial charge in [0.1, 0.15) is 0 Å². The van der Waals surface area contributed by atoms with Crippen molar-refractivity contribution in [1.29, 1.82) is 0 Å². The molecular weight excluding hydrogens is 194 g/mol. The molecule has 0 aromatic carbocycles. The summed E-state index contributed by atoms with van der Waals surface area (Å²) in [7, 11) is 4.17. The highest BCUT2D eigenvalue weighted by Gasteiger charge is 2.14. The van der Waals surface area contributed by atoms with Gasteiger partial charge in [0.25, 0.3) is 0 Å². The molecule has 0 rings (SSSR count). The summed E-state index contributed by atoms with van der Waals surface area (Å²) >= 11 is 5.30. The number of hydrogen-bond acceptors (Lipinski definition) is 2. The third-order valence-electron chi connectivity index (χ3n) is 2.09. The van der Waals surface area contributed by atoms with E-state index in [1.807, 2.05) is 0 Å². The van der Waals surface area contributed by atoms with Gasteiger partial charge < -0.3 is 15.1 Å². The van der Waals surface area contributed by atoms with Gasteiger partial charge in [-0.05, 0) is 47.1 Å². The Bertz CT molecular complexity index is 171. The molecule has 0 aromatic rings. The Hall–Kier alpha value is -0.350. The van der Waals surface area contributed by atoms with Crippen molar-refractivity contribution in [3.8, 4) is 0 Å². The van der Waals surface area contributed by atoms with Crippen molar-refractivity contribution in [2.75, 3.05) is 33.7 Å². The Morgan fingerprint density at radius 2 is 1.93 bits per heavy atom. The molecule has 0 heterocycles. The first-order valence-electron chi connectivity index (χ1n) is 5.22. The van der Waals surface area contributed by atoms with E-state index in [2.05, 4.69) is 50.0 Å². The van der Waals surface area contributed by atoms with E-state index in [1.54, 1.807) is 0 Å². The fraction of sp³-hybridized carbons (Fsp3) is 0.900. The van der Waals surface area contributed by atoms with Crippen LogP contribution < -0.4 is 5.32 Å². The van der Waals surface area contributed by atoms with Gasteiger partial charge >= 0.3 is 0 Å². The lowest BCUT2D eigenvalue weighted by Gasteiger charge is -2.32. The molecular formula is C10H23N3S. The summed E-state index contributed by atoms with van der Waals surface area (Å²) in [6.45, 7) is 9.28. The van der Waals surface area contributed by atoms with Crippen LogP contribution in [0.4, 0.5) is 0 Å². The molecule has 1 N–H and O–H groups in total. The first-order chi connectivity index (χ1) is 6.52. The Morgan fingerprint density at radius 1 is 1.36 bits per heavy atom. The second-order valence-electron chi connectivity index (χ2n) is 3.73. The van der Waals surface area contributed by atoms with E-state index in [-0.39, 0.29) is 0 Å². The van der Waals surface area contributed by atoms with Crippen LogP contribution in [0.2, 0.25) is 0 Å². The zero-order valence-corrected chi connectivity index (χ0v) is 10.8. The molecule has 1 unspecified atom stereocenters. The predicted molar refractivity (Wildman–Crippen MR) is 66.7 cm³/mol. The number of likely N-dealkylation sites (N-methyl/N-ethyl adjacent to an activating group) is 2. The monoisotopic (exact) mass is 217 g/mol. The molecule has 1 atom stereocenters. The van der Waals surface area contributed by atoms with Gasteiger partial charge in [-0.15, -0.1) is 0 Å². The van der Waals surface area contributed by atoms with E-state index >= 15 is 0 Å². The molecule has 84 valence electrons.